The largest absolute Gasteiger partial charge is 0.362 e. The number of piperidine rings is 3. The molecule has 1 aromatic carbocycles. The molecule has 2 aromatic heterocycles. The Kier molecular flexibility index (Phi) is 2.91. The number of aromatic nitrogens is 3. The van der Waals surface area contributed by atoms with Gasteiger partial charge in [-0.25, -0.2) is 4.68 Å². The zero-order chi connectivity index (χ0) is 15.2. The van der Waals surface area contributed by atoms with E-state index in [1.54, 1.807) is 6.20 Å². The Labute approximate surface area is 134 Å². The highest BCUT2D eigenvalue weighted by Crippen LogP contribution is 2.32. The second-order valence-corrected chi connectivity index (χ2v) is 6.55. The molecule has 23 heavy (non-hydrogen) atoms. The summed E-state index contributed by atoms with van der Waals surface area (Å²) in [5.41, 5.74) is 1.77. The van der Waals surface area contributed by atoms with Crippen LogP contribution >= 0.6 is 0 Å². The van der Waals surface area contributed by atoms with Gasteiger partial charge < -0.3 is 14.7 Å². The van der Waals surface area contributed by atoms with E-state index in [9.17, 15) is 0 Å². The smallest absolute Gasteiger partial charge is 0.177 e. The number of hydrogen-bond donors (Lipinski definition) is 1. The van der Waals surface area contributed by atoms with Gasteiger partial charge in [0.15, 0.2) is 11.4 Å². The molecule has 3 aliphatic heterocycles. The summed E-state index contributed by atoms with van der Waals surface area (Å²) in [6.45, 7) is 3.61. The van der Waals surface area contributed by atoms with Crippen LogP contribution in [0.3, 0.4) is 0 Å². The molecule has 0 aliphatic carbocycles. The average molecular weight is 309 g/mol. The van der Waals surface area contributed by atoms with Crippen LogP contribution < -0.4 is 5.32 Å². The van der Waals surface area contributed by atoms with Gasteiger partial charge in [0, 0.05) is 31.0 Å². The topological polar surface area (TPSA) is 59.1 Å². The molecule has 1 N–H and O–H groups in total. The highest BCUT2D eigenvalue weighted by Gasteiger charge is 2.34. The molecule has 6 heteroatoms. The molecule has 6 rings (SSSR count). The molecule has 0 radical (unpaired) electrons. The maximum atomic E-state index is 5.54. The molecule has 3 aromatic rings. The highest BCUT2D eigenvalue weighted by atomic mass is 16.5. The van der Waals surface area contributed by atoms with Gasteiger partial charge >= 0.3 is 0 Å². The van der Waals surface area contributed by atoms with Crippen molar-refractivity contribution < 1.29 is 4.52 Å². The van der Waals surface area contributed by atoms with Crippen LogP contribution in [0.25, 0.3) is 16.7 Å². The number of hydrogen-bond acceptors (Lipinski definition) is 5. The van der Waals surface area contributed by atoms with Crippen molar-refractivity contribution in [2.45, 2.75) is 18.9 Å². The van der Waals surface area contributed by atoms with Crippen LogP contribution in [0.5, 0.6) is 0 Å². The van der Waals surface area contributed by atoms with E-state index in [2.05, 4.69) is 26.5 Å². The molecule has 6 nitrogen and oxygen atoms in total. The first-order valence-corrected chi connectivity index (χ1v) is 8.25. The molecule has 0 unspecified atom stereocenters. The molecule has 2 bridgehead atoms. The van der Waals surface area contributed by atoms with Crippen LogP contribution in [0.1, 0.15) is 12.8 Å². The fourth-order valence-corrected chi connectivity index (χ4v) is 3.90. The fourth-order valence-electron chi connectivity index (χ4n) is 3.90. The van der Waals surface area contributed by atoms with Gasteiger partial charge in [-0.2, -0.15) is 5.10 Å². The van der Waals surface area contributed by atoms with Gasteiger partial charge in [-0.1, -0.05) is 5.16 Å². The van der Waals surface area contributed by atoms with Crippen LogP contribution in [0, 0.1) is 5.92 Å². The van der Waals surface area contributed by atoms with Gasteiger partial charge in [0.25, 0.3) is 0 Å². The van der Waals surface area contributed by atoms with Crippen LogP contribution in [0.2, 0.25) is 0 Å². The quantitative estimate of drug-likeness (QED) is 0.805. The Morgan fingerprint density at radius 1 is 1.22 bits per heavy atom. The third-order valence-corrected chi connectivity index (χ3v) is 5.20. The summed E-state index contributed by atoms with van der Waals surface area (Å²) in [5, 5.41) is 13.2. The van der Waals surface area contributed by atoms with Crippen LogP contribution in [-0.2, 0) is 0 Å². The normalized spacial score (nSPS) is 26.7. The molecule has 3 aliphatic rings. The molecule has 1 atom stereocenters. The standard InChI is InChI=1S/C17H19N5O/c1-6-18-22(7-1)13-2-3-14-16(10-13)23-20-17(14)19-15-11-21-8-4-12(15)5-9-21/h1-3,6-7,10,12,15H,4-5,8-9,11H2,(H,19,20)/t15-/m1/s1. The Morgan fingerprint density at radius 2 is 2.13 bits per heavy atom. The first kappa shape index (κ1) is 13.1. The number of anilines is 1. The molecule has 0 saturated carbocycles. The number of benzene rings is 1. The summed E-state index contributed by atoms with van der Waals surface area (Å²) >= 11 is 0. The monoisotopic (exact) mass is 309 g/mol. The minimum absolute atomic E-state index is 0.483. The predicted octanol–water partition coefficient (Wildman–Crippen LogP) is 2.52. The van der Waals surface area contributed by atoms with Crippen LogP contribution in [0.15, 0.2) is 41.2 Å². The van der Waals surface area contributed by atoms with Crippen molar-refractivity contribution in [2.24, 2.45) is 5.92 Å². The lowest BCUT2D eigenvalue weighted by molar-refractivity contribution is 0.0973. The molecular weight excluding hydrogens is 290 g/mol. The van der Waals surface area contributed by atoms with E-state index in [-0.39, 0.29) is 0 Å². The van der Waals surface area contributed by atoms with E-state index in [0.29, 0.717) is 6.04 Å². The highest BCUT2D eigenvalue weighted by molar-refractivity contribution is 5.89. The molecule has 118 valence electrons. The lowest BCUT2D eigenvalue weighted by Crippen LogP contribution is -2.53. The first-order chi connectivity index (χ1) is 11.4. The maximum absolute atomic E-state index is 5.54. The van der Waals surface area contributed by atoms with Gasteiger partial charge in [0.1, 0.15) is 0 Å². The van der Waals surface area contributed by atoms with E-state index in [1.165, 1.54) is 25.9 Å². The third kappa shape index (κ3) is 2.21. The first-order valence-electron chi connectivity index (χ1n) is 8.25. The van der Waals surface area contributed by atoms with Crippen molar-refractivity contribution in [3.8, 4) is 5.69 Å². The molecule has 3 fully saturated rings. The average Bonchev–Trinajstić information content (AvgIpc) is 3.26. The van der Waals surface area contributed by atoms with E-state index >= 15 is 0 Å². The molecular formula is C17H19N5O. The minimum atomic E-state index is 0.483. The third-order valence-electron chi connectivity index (χ3n) is 5.20. The summed E-state index contributed by atoms with van der Waals surface area (Å²) in [4.78, 5) is 2.54. The van der Waals surface area contributed by atoms with E-state index in [1.807, 2.05) is 29.1 Å². The van der Waals surface area contributed by atoms with Crippen molar-refractivity contribution in [3.05, 3.63) is 36.7 Å². The second kappa shape index (κ2) is 5.09. The van der Waals surface area contributed by atoms with E-state index in [4.69, 9.17) is 4.52 Å². The van der Waals surface area contributed by atoms with Crippen LogP contribution in [0.4, 0.5) is 5.82 Å². The second-order valence-electron chi connectivity index (χ2n) is 6.55. The minimum Gasteiger partial charge on any atom is -0.362 e. The predicted molar refractivity (Wildman–Crippen MR) is 87.7 cm³/mol. The number of rotatable bonds is 3. The molecule has 0 spiro atoms. The Balaban J connectivity index is 1.44. The Hall–Kier alpha value is -2.34. The van der Waals surface area contributed by atoms with Crippen molar-refractivity contribution in [2.75, 3.05) is 25.0 Å². The summed E-state index contributed by atoms with van der Waals surface area (Å²) in [7, 11) is 0. The lowest BCUT2D eigenvalue weighted by atomic mass is 9.84. The zero-order valence-corrected chi connectivity index (χ0v) is 12.9. The fraction of sp³-hybridized carbons (Fsp3) is 0.412. The summed E-state index contributed by atoms with van der Waals surface area (Å²) in [6.07, 6.45) is 6.27. The number of nitrogens with zero attached hydrogens (tertiary/aromatic N) is 4. The summed E-state index contributed by atoms with van der Waals surface area (Å²) < 4.78 is 7.36. The van der Waals surface area contributed by atoms with Crippen molar-refractivity contribution in [1.29, 1.82) is 0 Å². The number of fused-ring (bicyclic) bond motifs is 4. The van der Waals surface area contributed by atoms with E-state index in [0.717, 1.165) is 34.9 Å². The van der Waals surface area contributed by atoms with Crippen LogP contribution in [-0.4, -0.2) is 45.5 Å². The van der Waals surface area contributed by atoms with Crippen molar-refractivity contribution >= 4 is 16.8 Å². The van der Waals surface area contributed by atoms with Gasteiger partial charge in [-0.15, -0.1) is 0 Å². The zero-order valence-electron chi connectivity index (χ0n) is 12.9. The lowest BCUT2D eigenvalue weighted by Gasteiger charge is -2.44. The summed E-state index contributed by atoms with van der Waals surface area (Å²) in [6, 6.07) is 8.49. The molecule has 0 amide bonds. The van der Waals surface area contributed by atoms with Gasteiger partial charge in [0.05, 0.1) is 11.1 Å². The number of nitrogens with one attached hydrogen (secondary N) is 1. The Bertz CT molecular complexity index is 817. The SMILES string of the molecule is c1cnn(-c2ccc3c(N[C@@H]4CN5CCC4CC5)noc3c2)c1. The van der Waals surface area contributed by atoms with Gasteiger partial charge in [-0.3, -0.25) is 0 Å². The molecule has 5 heterocycles. The van der Waals surface area contributed by atoms with E-state index < -0.39 is 0 Å². The summed E-state index contributed by atoms with van der Waals surface area (Å²) in [5.74, 6) is 1.63. The van der Waals surface area contributed by atoms with Gasteiger partial charge in [-0.05, 0) is 50.0 Å². The van der Waals surface area contributed by atoms with Crippen molar-refractivity contribution in [3.63, 3.8) is 0 Å². The van der Waals surface area contributed by atoms with Gasteiger partial charge in [0.2, 0.25) is 0 Å². The maximum Gasteiger partial charge on any atom is 0.177 e. The Morgan fingerprint density at radius 3 is 2.87 bits per heavy atom. The molecule has 3 saturated heterocycles. The van der Waals surface area contributed by atoms with Crippen molar-refractivity contribution in [1.82, 2.24) is 19.8 Å².